The maximum Gasteiger partial charge on any atom is 0.333 e. The number of nitrogens with zero attached hydrogens (tertiary/aromatic N) is 5. The highest BCUT2D eigenvalue weighted by molar-refractivity contribution is 5.71. The molecule has 4 aromatic rings. The molecule has 4 heterocycles. The first-order valence-corrected chi connectivity index (χ1v) is 11.5. The van der Waals surface area contributed by atoms with Crippen LogP contribution in [0.15, 0.2) is 42.9 Å². The second kappa shape index (κ2) is 8.14. The fraction of sp³-hybridized carbons (Fsp3) is 0.320. The number of nitrogen functional groups attached to an aromatic ring is 1. The van der Waals surface area contributed by atoms with E-state index in [1.807, 2.05) is 10.7 Å². The van der Waals surface area contributed by atoms with Crippen LogP contribution in [0.25, 0.3) is 22.5 Å². The molecule has 180 valence electrons. The fourth-order valence-electron chi connectivity index (χ4n) is 4.68. The molecule has 0 amide bonds. The Kier molecular flexibility index (Phi) is 5.05. The van der Waals surface area contributed by atoms with Crippen LogP contribution >= 0.6 is 0 Å². The van der Waals surface area contributed by atoms with Crippen molar-refractivity contribution in [2.75, 3.05) is 5.73 Å². The van der Waals surface area contributed by atoms with Gasteiger partial charge in [0.1, 0.15) is 11.9 Å². The second-order valence-electron chi connectivity index (χ2n) is 9.18. The molecule has 6 rings (SSSR count). The monoisotopic (exact) mass is 480 g/mol. The number of fused-ring (bicyclic) bond motifs is 7. The third kappa shape index (κ3) is 3.92. The predicted molar refractivity (Wildman–Crippen MR) is 123 cm³/mol. The van der Waals surface area contributed by atoms with E-state index >= 15 is 0 Å². The highest BCUT2D eigenvalue weighted by Crippen LogP contribution is 2.40. The fourth-order valence-corrected chi connectivity index (χ4v) is 4.68. The van der Waals surface area contributed by atoms with Crippen molar-refractivity contribution in [2.24, 2.45) is 5.92 Å². The van der Waals surface area contributed by atoms with E-state index < -0.39 is 18.5 Å². The van der Waals surface area contributed by atoms with Crippen molar-refractivity contribution in [3.63, 3.8) is 0 Å². The molecule has 1 aliphatic carbocycles. The van der Waals surface area contributed by atoms with Crippen molar-refractivity contribution >= 4 is 5.82 Å². The van der Waals surface area contributed by atoms with Crippen molar-refractivity contribution in [3.8, 4) is 28.3 Å². The topological polar surface area (TPSA) is 83.8 Å². The first-order chi connectivity index (χ1) is 16.9. The SMILES string of the molecule is C[C@H]1Oc2cc(cnc2N)-c2c(cnn2CC2CC2)Cc2cn(C(F)F)nc2-c2ccc(F)cc21. The Morgan fingerprint density at radius 2 is 2.00 bits per heavy atom. The van der Waals surface area contributed by atoms with Gasteiger partial charge in [0.05, 0.1) is 17.6 Å². The van der Waals surface area contributed by atoms with E-state index in [1.165, 1.54) is 18.3 Å². The molecule has 2 bridgehead atoms. The van der Waals surface area contributed by atoms with Gasteiger partial charge in [-0.3, -0.25) is 4.68 Å². The number of ether oxygens (including phenoxy) is 1. The van der Waals surface area contributed by atoms with Gasteiger partial charge >= 0.3 is 6.55 Å². The number of hydrogen-bond acceptors (Lipinski definition) is 5. The summed E-state index contributed by atoms with van der Waals surface area (Å²) in [5.74, 6) is 0.656. The van der Waals surface area contributed by atoms with Gasteiger partial charge in [0.25, 0.3) is 0 Å². The Labute approximate surface area is 199 Å². The van der Waals surface area contributed by atoms with Gasteiger partial charge in [-0.1, -0.05) is 0 Å². The first-order valence-electron chi connectivity index (χ1n) is 11.5. The van der Waals surface area contributed by atoms with Crippen LogP contribution < -0.4 is 10.5 Å². The number of halogens is 3. The largest absolute Gasteiger partial charge is 0.482 e. The summed E-state index contributed by atoms with van der Waals surface area (Å²) in [6.07, 6.45) is 6.74. The lowest BCUT2D eigenvalue weighted by Crippen LogP contribution is -2.10. The van der Waals surface area contributed by atoms with Gasteiger partial charge in [-0.2, -0.15) is 19.0 Å². The summed E-state index contributed by atoms with van der Waals surface area (Å²) in [5, 5.41) is 8.82. The van der Waals surface area contributed by atoms with E-state index in [0.29, 0.717) is 45.2 Å². The van der Waals surface area contributed by atoms with E-state index in [9.17, 15) is 13.2 Å². The molecule has 0 saturated heterocycles. The Bertz CT molecular complexity index is 1420. The van der Waals surface area contributed by atoms with Gasteiger partial charge in [0.2, 0.25) is 0 Å². The van der Waals surface area contributed by atoms with E-state index in [4.69, 9.17) is 10.5 Å². The minimum Gasteiger partial charge on any atom is -0.482 e. The lowest BCUT2D eigenvalue weighted by Gasteiger charge is -2.21. The Morgan fingerprint density at radius 3 is 2.77 bits per heavy atom. The number of pyridine rings is 1. The summed E-state index contributed by atoms with van der Waals surface area (Å²) in [6.45, 7) is -0.299. The summed E-state index contributed by atoms with van der Waals surface area (Å²) in [6, 6.07) is 5.99. The summed E-state index contributed by atoms with van der Waals surface area (Å²) in [4.78, 5) is 4.34. The molecule has 10 heteroatoms. The van der Waals surface area contributed by atoms with Gasteiger partial charge in [0.15, 0.2) is 11.6 Å². The van der Waals surface area contributed by atoms with Gasteiger partial charge in [-0.05, 0) is 49.9 Å². The maximum absolute atomic E-state index is 14.3. The summed E-state index contributed by atoms with van der Waals surface area (Å²) in [5.41, 5.74) is 10.5. The molecule has 0 spiro atoms. The van der Waals surface area contributed by atoms with Gasteiger partial charge in [-0.25, -0.2) is 14.1 Å². The van der Waals surface area contributed by atoms with Crippen LogP contribution in [0, 0.1) is 11.7 Å². The van der Waals surface area contributed by atoms with Crippen molar-refractivity contribution in [2.45, 2.75) is 45.4 Å². The van der Waals surface area contributed by atoms with Crippen LogP contribution in [0.1, 0.15) is 49.1 Å². The molecule has 0 radical (unpaired) electrons. The summed E-state index contributed by atoms with van der Waals surface area (Å²) >= 11 is 0. The lowest BCUT2D eigenvalue weighted by molar-refractivity contribution is 0.0567. The Hall–Kier alpha value is -3.82. The van der Waals surface area contributed by atoms with Crippen LogP contribution in [0.4, 0.5) is 19.0 Å². The molecule has 1 aromatic carbocycles. The number of anilines is 1. The number of hydrogen-bond donors (Lipinski definition) is 1. The Balaban J connectivity index is 1.60. The quantitative estimate of drug-likeness (QED) is 0.426. The van der Waals surface area contributed by atoms with Crippen LogP contribution in [0.5, 0.6) is 5.75 Å². The normalized spacial score (nSPS) is 17.1. The number of aromatic nitrogens is 5. The van der Waals surface area contributed by atoms with Crippen molar-refractivity contribution in [1.29, 1.82) is 0 Å². The molecule has 1 saturated carbocycles. The van der Waals surface area contributed by atoms with E-state index in [1.54, 1.807) is 25.4 Å². The zero-order chi connectivity index (χ0) is 24.3. The molecule has 1 aliphatic heterocycles. The second-order valence-corrected chi connectivity index (χ2v) is 9.18. The molecule has 2 N–H and O–H groups in total. The minimum absolute atomic E-state index is 0.202. The van der Waals surface area contributed by atoms with Gasteiger partial charge < -0.3 is 10.5 Å². The first kappa shape index (κ1) is 21.7. The molecule has 7 nitrogen and oxygen atoms in total. The average Bonchev–Trinajstić information content (AvgIpc) is 3.41. The molecular formula is C25H23F3N6O. The maximum atomic E-state index is 14.3. The smallest absolute Gasteiger partial charge is 0.333 e. The van der Waals surface area contributed by atoms with Crippen molar-refractivity contribution < 1.29 is 17.9 Å². The van der Waals surface area contributed by atoms with Crippen LogP contribution in [0.3, 0.4) is 0 Å². The third-order valence-corrected chi connectivity index (χ3v) is 6.60. The van der Waals surface area contributed by atoms with Gasteiger partial charge in [-0.15, -0.1) is 0 Å². The molecule has 2 aliphatic rings. The Morgan fingerprint density at radius 1 is 1.17 bits per heavy atom. The van der Waals surface area contributed by atoms with Crippen molar-refractivity contribution in [1.82, 2.24) is 24.5 Å². The van der Waals surface area contributed by atoms with Crippen LogP contribution in [-0.2, 0) is 13.0 Å². The minimum atomic E-state index is -2.81. The number of benzene rings is 1. The van der Waals surface area contributed by atoms with Crippen LogP contribution in [-0.4, -0.2) is 24.5 Å². The molecule has 0 unspecified atom stereocenters. The third-order valence-electron chi connectivity index (χ3n) is 6.60. The zero-order valence-electron chi connectivity index (χ0n) is 19.0. The average molecular weight is 480 g/mol. The lowest BCUT2D eigenvalue weighted by atomic mass is 9.94. The predicted octanol–water partition coefficient (Wildman–Crippen LogP) is 5.38. The molecule has 1 fully saturated rings. The number of alkyl halides is 2. The highest BCUT2D eigenvalue weighted by atomic mass is 19.3. The highest BCUT2D eigenvalue weighted by Gasteiger charge is 2.28. The molecular weight excluding hydrogens is 457 g/mol. The van der Waals surface area contributed by atoms with E-state index in [0.717, 1.165) is 36.2 Å². The molecule has 3 aromatic heterocycles. The summed E-state index contributed by atoms with van der Waals surface area (Å²) < 4.78 is 50.4. The van der Waals surface area contributed by atoms with Crippen molar-refractivity contribution in [3.05, 3.63) is 65.4 Å². The number of nitrogens with two attached hydrogens (primary N) is 1. The van der Waals surface area contributed by atoms with E-state index in [-0.39, 0.29) is 5.82 Å². The number of rotatable bonds is 3. The van der Waals surface area contributed by atoms with E-state index in [2.05, 4.69) is 15.2 Å². The zero-order valence-corrected chi connectivity index (χ0v) is 19.0. The van der Waals surface area contributed by atoms with Crippen LogP contribution in [0.2, 0.25) is 0 Å². The standard InChI is InChI=1S/C25H23F3N6O/c1-13-20-8-18(26)4-5-19(20)22-17(12-34(32-22)25(27)28)6-15-10-31-33(11-14-2-3-14)23(15)16-7-21(35-13)24(29)30-9-16/h4-5,7-10,12-14,25H,2-3,6,11H2,1H3,(H2,29,30)/t13-/m1/s1. The molecule has 35 heavy (non-hydrogen) atoms. The van der Waals surface area contributed by atoms with Gasteiger partial charge in [0, 0.05) is 53.2 Å². The summed E-state index contributed by atoms with van der Waals surface area (Å²) in [7, 11) is 0. The molecule has 1 atom stereocenters.